The number of carbonyl (C=O) groups is 1. The summed E-state index contributed by atoms with van der Waals surface area (Å²) in [5, 5.41) is 7.46. The second-order valence-electron chi connectivity index (χ2n) is 7.13. The van der Waals surface area contributed by atoms with E-state index in [0.717, 1.165) is 48.3 Å². The predicted octanol–water partition coefficient (Wildman–Crippen LogP) is 2.50. The number of piperidine rings is 1. The van der Waals surface area contributed by atoms with E-state index in [1.165, 1.54) is 11.9 Å². The van der Waals surface area contributed by atoms with Gasteiger partial charge in [0.05, 0.1) is 0 Å². The van der Waals surface area contributed by atoms with Crippen LogP contribution in [0.3, 0.4) is 0 Å². The van der Waals surface area contributed by atoms with Gasteiger partial charge < -0.3 is 14.4 Å². The lowest BCUT2D eigenvalue weighted by Gasteiger charge is -2.40. The quantitative estimate of drug-likeness (QED) is 0.783. The number of rotatable bonds is 6. The summed E-state index contributed by atoms with van der Waals surface area (Å²) in [5.41, 5.74) is 1.29. The van der Waals surface area contributed by atoms with E-state index < -0.39 is 0 Å². The van der Waals surface area contributed by atoms with Gasteiger partial charge in [-0.25, -0.2) is 4.98 Å². The van der Waals surface area contributed by atoms with Crippen molar-refractivity contribution in [2.75, 3.05) is 25.6 Å². The molecule has 1 atom stereocenters. The summed E-state index contributed by atoms with van der Waals surface area (Å²) >= 11 is 1.59. The number of aromatic nitrogens is 3. The lowest BCUT2D eigenvalue weighted by molar-refractivity contribution is -0.136. The maximum Gasteiger partial charge on any atom is 0.231 e. The molecule has 138 valence electrons. The molecule has 4 rings (SSSR count). The smallest absolute Gasteiger partial charge is 0.231 e. The monoisotopic (exact) mass is 374 g/mol. The first kappa shape index (κ1) is 17.2. The van der Waals surface area contributed by atoms with Crippen molar-refractivity contribution in [2.45, 2.75) is 31.3 Å². The van der Waals surface area contributed by atoms with Crippen LogP contribution in [0.5, 0.6) is 11.5 Å². The molecular formula is C18H22N4O3S. The Morgan fingerprint density at radius 1 is 1.35 bits per heavy atom. The van der Waals surface area contributed by atoms with Gasteiger partial charge in [0.15, 0.2) is 16.7 Å². The third-order valence-corrected chi connectivity index (χ3v) is 5.79. The van der Waals surface area contributed by atoms with Gasteiger partial charge in [0.1, 0.15) is 6.33 Å². The molecule has 26 heavy (non-hydrogen) atoms. The fraction of sp³-hybridized carbons (Fsp3) is 0.500. The molecule has 1 aromatic carbocycles. The van der Waals surface area contributed by atoms with Gasteiger partial charge in [0, 0.05) is 25.3 Å². The van der Waals surface area contributed by atoms with Crippen LogP contribution in [0.2, 0.25) is 0 Å². The number of aromatic amines is 1. The summed E-state index contributed by atoms with van der Waals surface area (Å²) in [6, 6.07) is 6.13. The molecule has 1 aromatic heterocycles. The Kier molecular flexibility index (Phi) is 4.76. The van der Waals surface area contributed by atoms with Crippen LogP contribution in [0, 0.1) is 5.41 Å². The summed E-state index contributed by atoms with van der Waals surface area (Å²) in [6.45, 7) is 4.06. The zero-order chi connectivity index (χ0) is 18.0. The fourth-order valence-corrected chi connectivity index (χ4v) is 4.35. The molecule has 8 heteroatoms. The number of hydrogen-bond donors (Lipinski definition) is 1. The van der Waals surface area contributed by atoms with Crippen molar-refractivity contribution in [1.82, 2.24) is 20.1 Å². The van der Waals surface area contributed by atoms with Gasteiger partial charge in [-0.3, -0.25) is 9.89 Å². The minimum absolute atomic E-state index is 0.0680. The standard InChI is InChI=1S/C18H22N4O3S/c1-18(9-13-2-3-14-15(8-13)25-12-24-14)5-4-16(23)22(10-18)6-7-26-17-19-11-20-21-17/h2-3,8,11H,4-7,9-10,12H2,1H3,(H,19,20,21)/t18-/m1/s1. The van der Waals surface area contributed by atoms with Crippen molar-refractivity contribution in [3.05, 3.63) is 30.1 Å². The van der Waals surface area contributed by atoms with Crippen molar-refractivity contribution >= 4 is 17.7 Å². The highest BCUT2D eigenvalue weighted by Gasteiger charge is 2.35. The maximum atomic E-state index is 12.3. The van der Waals surface area contributed by atoms with E-state index in [0.29, 0.717) is 13.2 Å². The Morgan fingerprint density at radius 2 is 2.23 bits per heavy atom. The van der Waals surface area contributed by atoms with Gasteiger partial charge in [0.25, 0.3) is 0 Å². The van der Waals surface area contributed by atoms with Crippen LogP contribution < -0.4 is 9.47 Å². The average Bonchev–Trinajstić information content (AvgIpc) is 3.29. The van der Waals surface area contributed by atoms with Crippen LogP contribution >= 0.6 is 11.8 Å². The zero-order valence-corrected chi connectivity index (χ0v) is 15.6. The molecule has 7 nitrogen and oxygen atoms in total. The van der Waals surface area contributed by atoms with Crippen LogP contribution in [0.25, 0.3) is 0 Å². The molecule has 1 saturated heterocycles. The molecule has 0 saturated carbocycles. The summed E-state index contributed by atoms with van der Waals surface area (Å²) in [5.74, 6) is 2.68. The second-order valence-corrected chi connectivity index (χ2v) is 8.21. The number of benzene rings is 1. The molecule has 0 bridgehead atoms. The first-order valence-corrected chi connectivity index (χ1v) is 9.74. The SMILES string of the molecule is C[C@]1(Cc2ccc3c(c2)OCO3)CCC(=O)N(CCSc2ncn[nH]2)C1. The van der Waals surface area contributed by atoms with E-state index >= 15 is 0 Å². The van der Waals surface area contributed by atoms with Gasteiger partial charge in [-0.2, -0.15) is 5.10 Å². The molecule has 1 fully saturated rings. The fourth-order valence-electron chi connectivity index (χ4n) is 3.60. The van der Waals surface area contributed by atoms with E-state index in [9.17, 15) is 4.79 Å². The van der Waals surface area contributed by atoms with Crippen LogP contribution in [0.4, 0.5) is 0 Å². The van der Waals surface area contributed by atoms with Crippen molar-refractivity contribution < 1.29 is 14.3 Å². The van der Waals surface area contributed by atoms with Crippen molar-refractivity contribution in [3.8, 4) is 11.5 Å². The number of thioether (sulfide) groups is 1. The second kappa shape index (κ2) is 7.19. The summed E-state index contributed by atoms with van der Waals surface area (Å²) < 4.78 is 10.9. The number of ether oxygens (including phenoxy) is 2. The molecule has 2 aliphatic rings. The lowest BCUT2D eigenvalue weighted by atomic mass is 9.76. The van der Waals surface area contributed by atoms with Crippen LogP contribution in [0.1, 0.15) is 25.3 Å². The number of likely N-dealkylation sites (tertiary alicyclic amines) is 1. The van der Waals surface area contributed by atoms with E-state index in [2.05, 4.69) is 34.2 Å². The third kappa shape index (κ3) is 3.80. The van der Waals surface area contributed by atoms with Gasteiger partial charge >= 0.3 is 0 Å². The van der Waals surface area contributed by atoms with E-state index in [1.54, 1.807) is 11.8 Å². The van der Waals surface area contributed by atoms with Gasteiger partial charge in [-0.15, -0.1) is 0 Å². The number of amides is 1. The molecule has 0 radical (unpaired) electrons. The van der Waals surface area contributed by atoms with Crippen LogP contribution in [0.15, 0.2) is 29.7 Å². The molecule has 2 aromatic rings. The number of hydrogen-bond acceptors (Lipinski definition) is 6. The number of fused-ring (bicyclic) bond motifs is 1. The number of H-pyrrole nitrogens is 1. The van der Waals surface area contributed by atoms with Gasteiger partial charge in [-0.1, -0.05) is 24.8 Å². The zero-order valence-electron chi connectivity index (χ0n) is 14.7. The number of nitrogens with zero attached hydrogens (tertiary/aromatic N) is 3. The third-order valence-electron chi connectivity index (χ3n) is 4.93. The highest BCUT2D eigenvalue weighted by atomic mass is 32.2. The van der Waals surface area contributed by atoms with Crippen LogP contribution in [-0.4, -0.2) is 51.6 Å². The maximum absolute atomic E-state index is 12.3. The Hall–Kier alpha value is -2.22. The molecule has 1 N–H and O–H groups in total. The Balaban J connectivity index is 1.37. The van der Waals surface area contributed by atoms with Gasteiger partial charge in [0.2, 0.25) is 12.7 Å². The van der Waals surface area contributed by atoms with E-state index in [1.807, 2.05) is 11.0 Å². The average molecular weight is 374 g/mol. The highest BCUT2D eigenvalue weighted by Crippen LogP contribution is 2.37. The minimum atomic E-state index is 0.0680. The first-order chi connectivity index (χ1) is 12.6. The highest BCUT2D eigenvalue weighted by molar-refractivity contribution is 7.99. The molecule has 0 spiro atoms. The molecule has 0 unspecified atom stereocenters. The van der Waals surface area contributed by atoms with E-state index in [-0.39, 0.29) is 11.3 Å². The van der Waals surface area contributed by atoms with Crippen LogP contribution in [-0.2, 0) is 11.2 Å². The Labute approximate surface area is 156 Å². The molecule has 1 amide bonds. The summed E-state index contributed by atoms with van der Waals surface area (Å²) in [4.78, 5) is 18.4. The molecular weight excluding hydrogens is 352 g/mol. The summed E-state index contributed by atoms with van der Waals surface area (Å²) in [6.07, 6.45) is 3.93. The Morgan fingerprint density at radius 3 is 3.08 bits per heavy atom. The van der Waals surface area contributed by atoms with Crippen molar-refractivity contribution in [2.24, 2.45) is 5.41 Å². The normalized spacial score (nSPS) is 22.0. The molecule has 3 heterocycles. The first-order valence-electron chi connectivity index (χ1n) is 8.76. The number of nitrogens with one attached hydrogen (secondary N) is 1. The lowest BCUT2D eigenvalue weighted by Crippen LogP contribution is -2.47. The van der Waals surface area contributed by atoms with Gasteiger partial charge in [-0.05, 0) is 36.0 Å². The minimum Gasteiger partial charge on any atom is -0.454 e. The number of carbonyl (C=O) groups excluding carboxylic acids is 1. The van der Waals surface area contributed by atoms with Crippen molar-refractivity contribution in [1.29, 1.82) is 0 Å². The summed E-state index contributed by atoms with van der Waals surface area (Å²) in [7, 11) is 0. The van der Waals surface area contributed by atoms with Crippen molar-refractivity contribution in [3.63, 3.8) is 0 Å². The predicted molar refractivity (Wildman–Crippen MR) is 97.3 cm³/mol. The topological polar surface area (TPSA) is 80.3 Å². The molecule has 2 aliphatic heterocycles. The van der Waals surface area contributed by atoms with E-state index in [4.69, 9.17) is 9.47 Å². The Bertz CT molecular complexity index is 783. The largest absolute Gasteiger partial charge is 0.454 e. The molecule has 0 aliphatic carbocycles.